The van der Waals surface area contributed by atoms with Gasteiger partial charge in [0, 0.05) is 0 Å². The zero-order chi connectivity index (χ0) is 11.4. The zero-order valence-electron chi connectivity index (χ0n) is 9.74. The Kier molecular flexibility index (Phi) is 3.60. The lowest BCUT2D eigenvalue weighted by Gasteiger charge is -2.23. The fourth-order valence-corrected chi connectivity index (χ4v) is 2.22. The SMILES string of the molecule is CC(=O)c1ccccc1OC1CCCCC1. The van der Waals surface area contributed by atoms with E-state index in [0.717, 1.165) is 18.6 Å². The Hall–Kier alpha value is -1.31. The number of carbonyl (C=O) groups excluding carboxylic acids is 1. The number of ether oxygens (including phenoxy) is 1. The van der Waals surface area contributed by atoms with E-state index in [1.165, 1.54) is 19.3 Å². The third kappa shape index (κ3) is 2.63. The number of para-hydroxylation sites is 1. The Morgan fingerprint density at radius 3 is 2.56 bits per heavy atom. The molecule has 1 aliphatic carbocycles. The maximum Gasteiger partial charge on any atom is 0.163 e. The molecule has 0 spiro atoms. The monoisotopic (exact) mass is 218 g/mol. The van der Waals surface area contributed by atoms with Gasteiger partial charge in [-0.05, 0) is 44.7 Å². The normalized spacial score (nSPS) is 17.1. The Morgan fingerprint density at radius 1 is 1.19 bits per heavy atom. The molecule has 86 valence electrons. The first-order valence-electron chi connectivity index (χ1n) is 6.04. The second-order valence-corrected chi connectivity index (χ2v) is 4.43. The number of benzene rings is 1. The quantitative estimate of drug-likeness (QED) is 0.724. The highest BCUT2D eigenvalue weighted by Crippen LogP contribution is 2.26. The van der Waals surface area contributed by atoms with Gasteiger partial charge in [-0.3, -0.25) is 4.79 Å². The molecule has 1 aromatic carbocycles. The minimum atomic E-state index is 0.0754. The molecule has 0 amide bonds. The van der Waals surface area contributed by atoms with E-state index in [2.05, 4.69) is 0 Å². The molecule has 16 heavy (non-hydrogen) atoms. The van der Waals surface area contributed by atoms with Crippen molar-refractivity contribution in [3.63, 3.8) is 0 Å². The van der Waals surface area contributed by atoms with Crippen molar-refractivity contribution < 1.29 is 9.53 Å². The predicted octanol–water partition coefficient (Wildman–Crippen LogP) is 3.60. The molecule has 2 rings (SSSR count). The maximum atomic E-state index is 11.4. The highest BCUT2D eigenvalue weighted by Gasteiger charge is 2.17. The van der Waals surface area contributed by atoms with E-state index in [1.54, 1.807) is 6.92 Å². The molecule has 1 aliphatic rings. The molecule has 2 heteroatoms. The minimum absolute atomic E-state index is 0.0754. The minimum Gasteiger partial charge on any atom is -0.490 e. The van der Waals surface area contributed by atoms with E-state index in [1.807, 2.05) is 24.3 Å². The molecule has 0 heterocycles. The molecule has 0 saturated heterocycles. The van der Waals surface area contributed by atoms with Crippen LogP contribution in [-0.4, -0.2) is 11.9 Å². The summed E-state index contributed by atoms with van der Waals surface area (Å²) in [5.74, 6) is 0.827. The van der Waals surface area contributed by atoms with E-state index in [9.17, 15) is 4.79 Å². The van der Waals surface area contributed by atoms with Gasteiger partial charge in [0.25, 0.3) is 0 Å². The van der Waals surface area contributed by atoms with E-state index >= 15 is 0 Å². The van der Waals surface area contributed by atoms with E-state index < -0.39 is 0 Å². The average molecular weight is 218 g/mol. The zero-order valence-corrected chi connectivity index (χ0v) is 9.74. The second-order valence-electron chi connectivity index (χ2n) is 4.43. The van der Waals surface area contributed by atoms with Crippen molar-refractivity contribution >= 4 is 5.78 Å². The maximum absolute atomic E-state index is 11.4. The molecule has 1 fully saturated rings. The van der Waals surface area contributed by atoms with Gasteiger partial charge in [0.1, 0.15) is 5.75 Å². The fraction of sp³-hybridized carbons (Fsp3) is 0.500. The first-order chi connectivity index (χ1) is 7.77. The summed E-state index contributed by atoms with van der Waals surface area (Å²) in [4.78, 5) is 11.4. The molecule has 0 bridgehead atoms. The van der Waals surface area contributed by atoms with E-state index in [0.29, 0.717) is 11.7 Å². The third-order valence-corrected chi connectivity index (χ3v) is 3.11. The van der Waals surface area contributed by atoms with Crippen LogP contribution in [0.25, 0.3) is 0 Å². The second kappa shape index (κ2) is 5.15. The molecule has 0 aliphatic heterocycles. The molecule has 1 saturated carbocycles. The summed E-state index contributed by atoms with van der Waals surface area (Å²) in [6, 6.07) is 7.53. The Balaban J connectivity index is 2.10. The molecule has 1 aromatic rings. The van der Waals surface area contributed by atoms with E-state index in [4.69, 9.17) is 4.74 Å². The predicted molar refractivity (Wildman–Crippen MR) is 63.9 cm³/mol. The van der Waals surface area contributed by atoms with Gasteiger partial charge in [0.05, 0.1) is 11.7 Å². The lowest BCUT2D eigenvalue weighted by Crippen LogP contribution is -2.20. The molecule has 0 N–H and O–H groups in total. The van der Waals surface area contributed by atoms with Gasteiger partial charge in [-0.25, -0.2) is 0 Å². The van der Waals surface area contributed by atoms with Crippen LogP contribution < -0.4 is 4.74 Å². The topological polar surface area (TPSA) is 26.3 Å². The van der Waals surface area contributed by atoms with Gasteiger partial charge in [0.15, 0.2) is 5.78 Å². The largest absolute Gasteiger partial charge is 0.490 e. The van der Waals surface area contributed by atoms with Crippen molar-refractivity contribution in [3.8, 4) is 5.75 Å². The van der Waals surface area contributed by atoms with Crippen molar-refractivity contribution in [1.82, 2.24) is 0 Å². The summed E-state index contributed by atoms with van der Waals surface area (Å²) in [7, 11) is 0. The molecule has 2 nitrogen and oxygen atoms in total. The smallest absolute Gasteiger partial charge is 0.163 e. The average Bonchev–Trinajstić information content (AvgIpc) is 2.31. The summed E-state index contributed by atoms with van der Waals surface area (Å²) >= 11 is 0. The Morgan fingerprint density at radius 2 is 1.88 bits per heavy atom. The van der Waals surface area contributed by atoms with Crippen LogP contribution in [-0.2, 0) is 0 Å². The molecule has 0 unspecified atom stereocenters. The van der Waals surface area contributed by atoms with Crippen molar-refractivity contribution in [2.24, 2.45) is 0 Å². The lowest BCUT2D eigenvalue weighted by atomic mass is 9.97. The van der Waals surface area contributed by atoms with Crippen LogP contribution in [0.2, 0.25) is 0 Å². The number of rotatable bonds is 3. The van der Waals surface area contributed by atoms with Crippen LogP contribution in [0.3, 0.4) is 0 Å². The highest BCUT2D eigenvalue weighted by atomic mass is 16.5. The van der Waals surface area contributed by atoms with Crippen molar-refractivity contribution in [1.29, 1.82) is 0 Å². The molecule has 0 radical (unpaired) electrons. The van der Waals surface area contributed by atoms with Crippen molar-refractivity contribution in [3.05, 3.63) is 29.8 Å². The number of ketones is 1. The van der Waals surface area contributed by atoms with Gasteiger partial charge in [0.2, 0.25) is 0 Å². The van der Waals surface area contributed by atoms with Gasteiger partial charge in [-0.15, -0.1) is 0 Å². The Bertz CT molecular complexity index is 365. The summed E-state index contributed by atoms with van der Waals surface area (Å²) in [6.45, 7) is 1.59. The summed E-state index contributed by atoms with van der Waals surface area (Å²) in [5.41, 5.74) is 0.702. The standard InChI is InChI=1S/C14H18O2/c1-11(15)13-9-5-6-10-14(13)16-12-7-3-2-4-8-12/h5-6,9-10,12H,2-4,7-8H2,1H3. The fourth-order valence-electron chi connectivity index (χ4n) is 2.22. The Labute approximate surface area is 96.6 Å². The van der Waals surface area contributed by atoms with Gasteiger partial charge >= 0.3 is 0 Å². The van der Waals surface area contributed by atoms with Gasteiger partial charge in [-0.2, -0.15) is 0 Å². The van der Waals surface area contributed by atoms with Crippen LogP contribution in [0.1, 0.15) is 49.4 Å². The van der Waals surface area contributed by atoms with Gasteiger partial charge < -0.3 is 4.74 Å². The summed E-state index contributed by atoms with van der Waals surface area (Å²) in [6.07, 6.45) is 6.33. The van der Waals surface area contributed by atoms with Crippen LogP contribution in [0.4, 0.5) is 0 Å². The van der Waals surface area contributed by atoms with Crippen molar-refractivity contribution in [2.45, 2.75) is 45.1 Å². The molecular formula is C14H18O2. The molecule has 0 atom stereocenters. The lowest BCUT2D eigenvalue weighted by molar-refractivity contribution is 0.100. The van der Waals surface area contributed by atoms with E-state index in [-0.39, 0.29) is 5.78 Å². The number of hydrogen-bond acceptors (Lipinski definition) is 2. The first-order valence-corrected chi connectivity index (χ1v) is 6.04. The highest BCUT2D eigenvalue weighted by molar-refractivity contribution is 5.96. The third-order valence-electron chi connectivity index (χ3n) is 3.11. The first kappa shape index (κ1) is 11.2. The molecule has 0 aromatic heterocycles. The number of Topliss-reactive ketones (excluding diaryl/α,β-unsaturated/α-hetero) is 1. The summed E-state index contributed by atoms with van der Waals surface area (Å²) in [5, 5.41) is 0. The van der Waals surface area contributed by atoms with Crippen LogP contribution in [0, 0.1) is 0 Å². The van der Waals surface area contributed by atoms with Crippen LogP contribution in [0.5, 0.6) is 5.75 Å². The van der Waals surface area contributed by atoms with Crippen LogP contribution >= 0.6 is 0 Å². The van der Waals surface area contributed by atoms with Gasteiger partial charge in [-0.1, -0.05) is 18.6 Å². The molecular weight excluding hydrogens is 200 g/mol. The summed E-state index contributed by atoms with van der Waals surface area (Å²) < 4.78 is 5.93. The van der Waals surface area contributed by atoms with Crippen molar-refractivity contribution in [2.75, 3.05) is 0 Å². The number of hydrogen-bond donors (Lipinski definition) is 0. The van der Waals surface area contributed by atoms with Crippen LogP contribution in [0.15, 0.2) is 24.3 Å². The number of carbonyl (C=O) groups is 1.